The van der Waals surface area contributed by atoms with Gasteiger partial charge in [0.05, 0.1) is 11.3 Å². The maximum Gasteiger partial charge on any atom is 0.350 e. The number of anilines is 1. The van der Waals surface area contributed by atoms with Gasteiger partial charge < -0.3 is 5.32 Å². The number of aromatic nitrogens is 3. The minimum atomic E-state index is -1.05. The molecule has 6 nitrogen and oxygen atoms in total. The van der Waals surface area contributed by atoms with E-state index in [2.05, 4.69) is 10.4 Å². The van der Waals surface area contributed by atoms with Crippen molar-refractivity contribution in [2.45, 2.75) is 32.7 Å². The van der Waals surface area contributed by atoms with Gasteiger partial charge >= 0.3 is 5.69 Å². The highest BCUT2D eigenvalue weighted by atomic mass is 19.1. The molecule has 3 aromatic rings. The van der Waals surface area contributed by atoms with Gasteiger partial charge in [-0.3, -0.25) is 9.36 Å². The van der Waals surface area contributed by atoms with Crippen molar-refractivity contribution >= 4 is 11.6 Å². The molecule has 29 heavy (non-hydrogen) atoms. The summed E-state index contributed by atoms with van der Waals surface area (Å²) in [6, 6.07) is 5.62. The first-order valence-corrected chi connectivity index (χ1v) is 9.11. The van der Waals surface area contributed by atoms with Crippen LogP contribution in [0.3, 0.4) is 0 Å². The molecule has 1 aliphatic rings. The van der Waals surface area contributed by atoms with Gasteiger partial charge in [-0.25, -0.2) is 18.0 Å². The molecule has 1 aromatic heterocycles. The Morgan fingerprint density at radius 1 is 1.10 bits per heavy atom. The number of nitrogens with zero attached hydrogens (tertiary/aromatic N) is 3. The van der Waals surface area contributed by atoms with Crippen LogP contribution in [-0.4, -0.2) is 20.3 Å². The van der Waals surface area contributed by atoms with Gasteiger partial charge in [0, 0.05) is 19.0 Å². The molecule has 0 atom stereocenters. The topological polar surface area (TPSA) is 68.9 Å². The van der Waals surface area contributed by atoms with Crippen molar-refractivity contribution in [3.63, 3.8) is 0 Å². The average molecular weight is 402 g/mol. The first-order valence-electron chi connectivity index (χ1n) is 9.11. The summed E-state index contributed by atoms with van der Waals surface area (Å²) in [5.74, 6) is -3.22. The number of benzene rings is 2. The van der Waals surface area contributed by atoms with Crippen molar-refractivity contribution in [3.05, 3.63) is 75.2 Å². The fraction of sp³-hybridized carbons (Fsp3) is 0.250. The maximum absolute atomic E-state index is 14.7. The number of carbonyl (C=O) groups is 1. The number of amides is 1. The van der Waals surface area contributed by atoms with Gasteiger partial charge in [0.2, 0.25) is 0 Å². The Hall–Kier alpha value is -3.36. The van der Waals surface area contributed by atoms with Crippen molar-refractivity contribution in [1.82, 2.24) is 14.3 Å². The number of fused-ring (bicyclic) bond motifs is 1. The van der Waals surface area contributed by atoms with Crippen LogP contribution in [0.4, 0.5) is 18.9 Å². The van der Waals surface area contributed by atoms with Crippen LogP contribution in [0.25, 0.3) is 5.69 Å². The first-order chi connectivity index (χ1) is 13.9. The Morgan fingerprint density at radius 2 is 1.90 bits per heavy atom. The van der Waals surface area contributed by atoms with Crippen LogP contribution < -0.4 is 11.0 Å². The van der Waals surface area contributed by atoms with E-state index < -0.39 is 34.6 Å². The van der Waals surface area contributed by atoms with E-state index in [4.69, 9.17) is 0 Å². The summed E-state index contributed by atoms with van der Waals surface area (Å²) in [7, 11) is 0. The summed E-state index contributed by atoms with van der Waals surface area (Å²) in [5, 5.41) is 6.36. The Balaban J connectivity index is 1.70. The number of hydrogen-bond acceptors (Lipinski definition) is 3. The lowest BCUT2D eigenvalue weighted by molar-refractivity contribution is 0.102. The smallest absolute Gasteiger partial charge is 0.319 e. The second-order valence-corrected chi connectivity index (χ2v) is 6.89. The summed E-state index contributed by atoms with van der Waals surface area (Å²) in [5.41, 5.74) is -1.22. The van der Waals surface area contributed by atoms with Crippen LogP contribution in [0.1, 0.15) is 34.6 Å². The minimum Gasteiger partial charge on any atom is -0.319 e. The van der Waals surface area contributed by atoms with Gasteiger partial charge in [0.15, 0.2) is 0 Å². The highest BCUT2D eigenvalue weighted by Gasteiger charge is 2.23. The second kappa shape index (κ2) is 7.23. The van der Waals surface area contributed by atoms with Crippen molar-refractivity contribution in [1.29, 1.82) is 0 Å². The van der Waals surface area contributed by atoms with Gasteiger partial charge in [-0.1, -0.05) is 12.1 Å². The monoisotopic (exact) mass is 402 g/mol. The number of aryl methyl sites for hydroxylation is 2. The molecule has 4 rings (SSSR count). The summed E-state index contributed by atoms with van der Waals surface area (Å²) < 4.78 is 45.5. The fourth-order valence-electron chi connectivity index (χ4n) is 3.40. The van der Waals surface area contributed by atoms with Crippen molar-refractivity contribution < 1.29 is 18.0 Å². The van der Waals surface area contributed by atoms with Crippen LogP contribution in [0.2, 0.25) is 0 Å². The third-order valence-electron chi connectivity index (χ3n) is 4.94. The van der Waals surface area contributed by atoms with Gasteiger partial charge in [0.25, 0.3) is 5.91 Å². The van der Waals surface area contributed by atoms with Crippen LogP contribution in [0.15, 0.2) is 35.1 Å². The molecule has 0 saturated heterocycles. The van der Waals surface area contributed by atoms with Crippen molar-refractivity contribution in [3.8, 4) is 5.69 Å². The quantitative estimate of drug-likeness (QED) is 0.731. The lowest BCUT2D eigenvalue weighted by Crippen LogP contribution is -2.27. The van der Waals surface area contributed by atoms with Crippen LogP contribution in [0.5, 0.6) is 0 Å². The van der Waals surface area contributed by atoms with Crippen LogP contribution in [-0.2, 0) is 13.0 Å². The molecule has 0 spiro atoms. The highest BCUT2D eigenvalue weighted by molar-refractivity contribution is 6.05. The Bertz CT molecular complexity index is 1160. The first kappa shape index (κ1) is 19.0. The molecule has 2 heterocycles. The molecule has 1 aliphatic heterocycles. The predicted octanol–water partition coefficient (Wildman–Crippen LogP) is 3.35. The van der Waals surface area contributed by atoms with Crippen LogP contribution in [0, 0.1) is 24.4 Å². The molecule has 2 aromatic carbocycles. The highest BCUT2D eigenvalue weighted by Crippen LogP contribution is 2.23. The molecule has 0 bridgehead atoms. The molecule has 9 heteroatoms. The van der Waals surface area contributed by atoms with Crippen LogP contribution >= 0.6 is 0 Å². The van der Waals surface area contributed by atoms with E-state index in [-0.39, 0.29) is 11.4 Å². The Morgan fingerprint density at radius 3 is 2.62 bits per heavy atom. The van der Waals surface area contributed by atoms with E-state index in [9.17, 15) is 22.8 Å². The fourth-order valence-corrected chi connectivity index (χ4v) is 3.40. The molecule has 0 fully saturated rings. The number of rotatable bonds is 3. The molecule has 0 saturated carbocycles. The van der Waals surface area contributed by atoms with Gasteiger partial charge in [-0.05, 0) is 37.5 Å². The summed E-state index contributed by atoms with van der Waals surface area (Å²) in [6.45, 7) is 2.05. The van der Waals surface area contributed by atoms with Gasteiger partial charge in [0.1, 0.15) is 29.0 Å². The number of halogens is 3. The Labute approximate surface area is 163 Å². The normalized spacial score (nSPS) is 13.2. The maximum atomic E-state index is 14.7. The molecule has 0 radical (unpaired) electrons. The van der Waals surface area contributed by atoms with Crippen molar-refractivity contribution in [2.75, 3.05) is 5.32 Å². The minimum absolute atomic E-state index is 0.112. The molecule has 0 unspecified atom stereocenters. The van der Waals surface area contributed by atoms with E-state index >= 15 is 0 Å². The van der Waals surface area contributed by atoms with Gasteiger partial charge in [-0.2, -0.15) is 4.68 Å². The SMILES string of the molecule is Cc1cccc(F)c1NC(=O)c1cc(F)c(-n2nc3n(c2=O)CCCC3)cc1F. The number of nitrogens with one attached hydrogen (secondary N) is 1. The van der Waals surface area contributed by atoms with Crippen molar-refractivity contribution in [2.24, 2.45) is 0 Å². The largest absolute Gasteiger partial charge is 0.350 e. The zero-order chi connectivity index (χ0) is 20.7. The summed E-state index contributed by atoms with van der Waals surface area (Å²) in [4.78, 5) is 24.9. The standard InChI is InChI=1S/C20H17F3N4O2/c1-11-5-4-6-13(21)18(11)24-19(28)12-9-15(23)16(10-14(12)22)27-20(29)26-8-3-2-7-17(26)25-27/h4-6,9-10H,2-3,7-8H2,1H3,(H,24,28). The van der Waals surface area contributed by atoms with E-state index in [0.717, 1.165) is 29.7 Å². The third-order valence-corrected chi connectivity index (χ3v) is 4.94. The van der Waals surface area contributed by atoms with E-state index in [1.807, 2.05) is 0 Å². The average Bonchev–Trinajstić information content (AvgIpc) is 3.03. The zero-order valence-corrected chi connectivity index (χ0v) is 15.5. The van der Waals surface area contributed by atoms with E-state index in [0.29, 0.717) is 30.4 Å². The lowest BCUT2D eigenvalue weighted by Gasteiger charge is -2.11. The second-order valence-electron chi connectivity index (χ2n) is 6.89. The zero-order valence-electron chi connectivity index (χ0n) is 15.5. The molecule has 150 valence electrons. The molecule has 1 amide bonds. The molecule has 1 N–H and O–H groups in total. The number of carbonyl (C=O) groups excluding carboxylic acids is 1. The molecular weight excluding hydrogens is 385 g/mol. The van der Waals surface area contributed by atoms with E-state index in [1.54, 1.807) is 13.0 Å². The van der Waals surface area contributed by atoms with Gasteiger partial charge in [-0.15, -0.1) is 5.10 Å². The third kappa shape index (κ3) is 3.32. The molecule has 0 aliphatic carbocycles. The summed E-state index contributed by atoms with van der Waals surface area (Å²) >= 11 is 0. The lowest BCUT2D eigenvalue weighted by atomic mass is 10.1. The Kier molecular flexibility index (Phi) is 4.73. The predicted molar refractivity (Wildman–Crippen MR) is 99.8 cm³/mol. The van der Waals surface area contributed by atoms with E-state index in [1.165, 1.54) is 10.6 Å². The number of hydrogen-bond donors (Lipinski definition) is 1. The molecular formula is C20H17F3N4O2. The number of para-hydroxylation sites is 1. The summed E-state index contributed by atoms with van der Waals surface area (Å²) in [6.07, 6.45) is 2.25.